The molecule has 0 aliphatic rings. The summed E-state index contributed by atoms with van der Waals surface area (Å²) >= 11 is 0. The zero-order chi connectivity index (χ0) is 18.4. The molecular formula is C19H20N4O3. The molecule has 0 spiro atoms. The second-order valence-corrected chi connectivity index (χ2v) is 5.71. The van der Waals surface area contributed by atoms with Gasteiger partial charge in [-0.2, -0.15) is 0 Å². The monoisotopic (exact) mass is 352 g/mol. The van der Waals surface area contributed by atoms with E-state index < -0.39 is 11.3 Å². The molecule has 0 unspecified atom stereocenters. The number of methoxy groups -OCH3 is 1. The van der Waals surface area contributed by atoms with E-state index in [9.17, 15) is 9.59 Å². The second-order valence-electron chi connectivity index (χ2n) is 5.71. The zero-order valence-corrected chi connectivity index (χ0v) is 14.4. The average Bonchev–Trinajstić information content (AvgIpc) is 2.68. The number of carbonyl (C=O) groups excluding carboxylic acids is 1. The van der Waals surface area contributed by atoms with Gasteiger partial charge in [0, 0.05) is 26.4 Å². The van der Waals surface area contributed by atoms with Gasteiger partial charge in [0.05, 0.1) is 12.1 Å². The predicted octanol–water partition coefficient (Wildman–Crippen LogP) is 1.91. The van der Waals surface area contributed by atoms with Gasteiger partial charge < -0.3 is 20.4 Å². The molecule has 7 heteroatoms. The van der Waals surface area contributed by atoms with E-state index in [0.29, 0.717) is 31.0 Å². The van der Waals surface area contributed by atoms with Gasteiger partial charge in [0.1, 0.15) is 16.9 Å². The highest BCUT2D eigenvalue weighted by molar-refractivity contribution is 5.96. The molecule has 0 bridgehead atoms. The number of aromatic amines is 1. The van der Waals surface area contributed by atoms with Gasteiger partial charge in [-0.3, -0.25) is 9.59 Å². The van der Waals surface area contributed by atoms with Crippen molar-refractivity contribution in [2.45, 2.75) is 6.54 Å². The number of carbonyl (C=O) groups is 1. The summed E-state index contributed by atoms with van der Waals surface area (Å²) in [6, 6.07) is 13.0. The van der Waals surface area contributed by atoms with Crippen LogP contribution in [0.2, 0.25) is 0 Å². The number of rotatable bonds is 7. The first kappa shape index (κ1) is 17.6. The number of benzene rings is 1. The zero-order valence-electron chi connectivity index (χ0n) is 14.4. The highest BCUT2D eigenvalue weighted by Gasteiger charge is 2.14. The lowest BCUT2D eigenvalue weighted by molar-refractivity contribution is 0.0949. The van der Waals surface area contributed by atoms with Crippen molar-refractivity contribution in [1.29, 1.82) is 0 Å². The minimum atomic E-state index is -0.434. The summed E-state index contributed by atoms with van der Waals surface area (Å²) in [6.45, 7) is 1.45. The molecule has 0 saturated carbocycles. The molecule has 26 heavy (non-hydrogen) atoms. The van der Waals surface area contributed by atoms with Crippen LogP contribution in [0.3, 0.4) is 0 Å². The molecule has 2 heterocycles. The first-order valence-corrected chi connectivity index (χ1v) is 8.26. The number of anilines is 1. The standard InChI is InChI=1S/C19H20N4O3/c1-26-10-9-20-16-8-7-15-17(23-16)18(24)14(12-21-15)19(25)22-11-13-5-3-2-4-6-13/h2-8,12H,9-11H2,1H3,(H,20,23)(H,21,24)(H,22,25). The molecule has 3 N–H and O–H groups in total. The lowest BCUT2D eigenvalue weighted by Crippen LogP contribution is -2.28. The minimum absolute atomic E-state index is 0.0370. The number of nitrogens with one attached hydrogen (secondary N) is 3. The van der Waals surface area contributed by atoms with Crippen molar-refractivity contribution in [3.63, 3.8) is 0 Å². The van der Waals surface area contributed by atoms with Crippen molar-refractivity contribution in [1.82, 2.24) is 15.3 Å². The molecule has 2 aromatic heterocycles. The summed E-state index contributed by atoms with van der Waals surface area (Å²) in [5, 5.41) is 5.83. The molecule has 0 fully saturated rings. The van der Waals surface area contributed by atoms with Crippen LogP contribution < -0.4 is 16.1 Å². The molecule has 1 amide bonds. The highest BCUT2D eigenvalue weighted by Crippen LogP contribution is 2.10. The maximum Gasteiger partial charge on any atom is 0.257 e. The van der Waals surface area contributed by atoms with E-state index >= 15 is 0 Å². The van der Waals surface area contributed by atoms with Gasteiger partial charge in [0.15, 0.2) is 0 Å². The molecular weight excluding hydrogens is 332 g/mol. The van der Waals surface area contributed by atoms with E-state index in [4.69, 9.17) is 4.74 Å². The SMILES string of the molecule is COCCNc1ccc2[nH]cc(C(=O)NCc3ccccc3)c(=O)c2n1. The fraction of sp³-hybridized carbons (Fsp3) is 0.211. The van der Waals surface area contributed by atoms with Crippen molar-refractivity contribution in [3.05, 3.63) is 70.0 Å². The Hall–Kier alpha value is -3.19. The van der Waals surface area contributed by atoms with Crippen LogP contribution in [0.25, 0.3) is 11.0 Å². The molecule has 0 radical (unpaired) electrons. The van der Waals surface area contributed by atoms with Gasteiger partial charge in [0.2, 0.25) is 5.43 Å². The Morgan fingerprint density at radius 3 is 2.77 bits per heavy atom. The lowest BCUT2D eigenvalue weighted by Gasteiger charge is -2.08. The Labute approximate surface area is 150 Å². The van der Waals surface area contributed by atoms with Crippen LogP contribution in [0.15, 0.2) is 53.5 Å². The molecule has 7 nitrogen and oxygen atoms in total. The van der Waals surface area contributed by atoms with Crippen molar-refractivity contribution in [2.75, 3.05) is 25.6 Å². The molecule has 0 aliphatic heterocycles. The number of fused-ring (bicyclic) bond motifs is 1. The van der Waals surface area contributed by atoms with Crippen molar-refractivity contribution in [2.24, 2.45) is 0 Å². The van der Waals surface area contributed by atoms with Crippen molar-refractivity contribution >= 4 is 22.8 Å². The molecule has 3 rings (SSSR count). The number of amides is 1. The van der Waals surface area contributed by atoms with E-state index in [-0.39, 0.29) is 11.1 Å². The van der Waals surface area contributed by atoms with Crippen LogP contribution in [-0.2, 0) is 11.3 Å². The van der Waals surface area contributed by atoms with E-state index in [2.05, 4.69) is 20.6 Å². The quantitative estimate of drug-likeness (QED) is 0.565. The largest absolute Gasteiger partial charge is 0.383 e. The predicted molar refractivity (Wildman–Crippen MR) is 100 cm³/mol. The number of nitrogens with zero attached hydrogens (tertiary/aromatic N) is 1. The fourth-order valence-electron chi connectivity index (χ4n) is 2.51. The topological polar surface area (TPSA) is 96.1 Å². The third kappa shape index (κ3) is 4.07. The molecule has 0 aliphatic carbocycles. The van der Waals surface area contributed by atoms with Gasteiger partial charge in [0.25, 0.3) is 5.91 Å². The molecule has 0 atom stereocenters. The third-order valence-corrected chi connectivity index (χ3v) is 3.88. The Bertz CT molecular complexity index is 954. The summed E-state index contributed by atoms with van der Waals surface area (Å²) < 4.78 is 4.98. The number of hydrogen-bond donors (Lipinski definition) is 3. The van der Waals surface area contributed by atoms with E-state index in [0.717, 1.165) is 5.56 Å². The maximum atomic E-state index is 12.7. The number of H-pyrrole nitrogens is 1. The van der Waals surface area contributed by atoms with Crippen LogP contribution in [-0.4, -0.2) is 36.1 Å². The molecule has 3 aromatic rings. The normalized spacial score (nSPS) is 10.7. The van der Waals surface area contributed by atoms with Crippen LogP contribution >= 0.6 is 0 Å². The maximum absolute atomic E-state index is 12.7. The van der Waals surface area contributed by atoms with Gasteiger partial charge in [-0.05, 0) is 17.7 Å². The van der Waals surface area contributed by atoms with Crippen molar-refractivity contribution in [3.8, 4) is 0 Å². The first-order valence-electron chi connectivity index (χ1n) is 8.26. The van der Waals surface area contributed by atoms with Crippen LogP contribution in [0.5, 0.6) is 0 Å². The average molecular weight is 352 g/mol. The van der Waals surface area contributed by atoms with E-state index in [1.165, 1.54) is 6.20 Å². The number of ether oxygens (including phenoxy) is 1. The Morgan fingerprint density at radius 2 is 2.00 bits per heavy atom. The Morgan fingerprint density at radius 1 is 1.19 bits per heavy atom. The molecule has 1 aromatic carbocycles. The van der Waals surface area contributed by atoms with E-state index in [1.54, 1.807) is 19.2 Å². The number of hydrogen-bond acceptors (Lipinski definition) is 5. The summed E-state index contributed by atoms with van der Waals surface area (Å²) in [4.78, 5) is 32.3. The molecule has 0 saturated heterocycles. The third-order valence-electron chi connectivity index (χ3n) is 3.88. The highest BCUT2D eigenvalue weighted by atomic mass is 16.5. The van der Waals surface area contributed by atoms with E-state index in [1.807, 2.05) is 30.3 Å². The van der Waals surface area contributed by atoms with Crippen LogP contribution in [0.1, 0.15) is 15.9 Å². The lowest BCUT2D eigenvalue weighted by atomic mass is 10.2. The Kier molecular flexibility index (Phi) is 5.60. The first-order chi connectivity index (χ1) is 12.7. The summed E-state index contributed by atoms with van der Waals surface area (Å²) in [7, 11) is 1.61. The second kappa shape index (κ2) is 8.26. The summed E-state index contributed by atoms with van der Waals surface area (Å²) in [6.07, 6.45) is 1.42. The fourth-order valence-corrected chi connectivity index (χ4v) is 2.51. The number of aromatic nitrogens is 2. The Balaban J connectivity index is 1.80. The van der Waals surface area contributed by atoms with Gasteiger partial charge in [-0.15, -0.1) is 0 Å². The smallest absolute Gasteiger partial charge is 0.257 e. The van der Waals surface area contributed by atoms with Gasteiger partial charge in [-0.25, -0.2) is 4.98 Å². The van der Waals surface area contributed by atoms with Gasteiger partial charge >= 0.3 is 0 Å². The van der Waals surface area contributed by atoms with Crippen LogP contribution in [0, 0.1) is 0 Å². The summed E-state index contributed by atoms with van der Waals surface area (Å²) in [5.41, 5.74) is 1.39. The number of pyridine rings is 2. The van der Waals surface area contributed by atoms with Crippen LogP contribution in [0.4, 0.5) is 5.82 Å². The van der Waals surface area contributed by atoms with Crippen molar-refractivity contribution < 1.29 is 9.53 Å². The van der Waals surface area contributed by atoms with Gasteiger partial charge in [-0.1, -0.05) is 30.3 Å². The molecule has 134 valence electrons. The summed E-state index contributed by atoms with van der Waals surface area (Å²) in [5.74, 6) is 0.124. The minimum Gasteiger partial charge on any atom is -0.383 e.